The van der Waals surface area contributed by atoms with Gasteiger partial charge in [0, 0.05) is 23.4 Å². The molecule has 0 aliphatic carbocycles. The van der Waals surface area contributed by atoms with Crippen molar-refractivity contribution in [2.24, 2.45) is 5.73 Å². The number of halogens is 3. The lowest BCUT2D eigenvalue weighted by atomic mass is 9.83. The average molecular weight is 360 g/mol. The number of aliphatic hydroxyl groups excluding tert-OH is 1. The molecule has 20 heavy (non-hydrogen) atoms. The topological polar surface area (TPSA) is 68.4 Å². The molecule has 1 aliphatic heterocycles. The van der Waals surface area contributed by atoms with Crippen LogP contribution in [0.25, 0.3) is 0 Å². The molecule has 3 rings (SSSR count). The standard InChI is InChI=1S/C13H9BrClFN2O2/c14-9-2-7-11(3-10(9)16)20-12-8(13(7,17)5-19)1-6(15)4-18-12/h1-4,19H,5,17H2. The maximum Gasteiger partial charge on any atom is 0.224 e. The van der Waals surface area contributed by atoms with Crippen molar-refractivity contribution >= 4 is 27.5 Å². The van der Waals surface area contributed by atoms with Crippen molar-refractivity contribution in [3.63, 3.8) is 0 Å². The number of pyridine rings is 1. The number of fused-ring (bicyclic) bond motifs is 2. The highest BCUT2D eigenvalue weighted by Gasteiger charge is 2.40. The predicted molar refractivity (Wildman–Crippen MR) is 75.5 cm³/mol. The van der Waals surface area contributed by atoms with Gasteiger partial charge in [0.25, 0.3) is 0 Å². The quantitative estimate of drug-likeness (QED) is 0.821. The van der Waals surface area contributed by atoms with Crippen LogP contribution in [-0.4, -0.2) is 16.7 Å². The Morgan fingerprint density at radius 1 is 1.40 bits per heavy atom. The van der Waals surface area contributed by atoms with E-state index in [1.54, 1.807) is 6.07 Å². The Morgan fingerprint density at radius 2 is 2.15 bits per heavy atom. The summed E-state index contributed by atoms with van der Waals surface area (Å²) in [5.74, 6) is -0.0498. The normalized spacial score (nSPS) is 20.1. The van der Waals surface area contributed by atoms with Crippen molar-refractivity contribution in [1.29, 1.82) is 0 Å². The van der Waals surface area contributed by atoms with Crippen molar-refractivity contribution in [2.75, 3.05) is 6.61 Å². The molecular weight excluding hydrogens is 351 g/mol. The first kappa shape index (κ1) is 13.8. The molecule has 7 heteroatoms. The van der Waals surface area contributed by atoms with Crippen molar-refractivity contribution in [1.82, 2.24) is 4.98 Å². The van der Waals surface area contributed by atoms with Gasteiger partial charge in [-0.1, -0.05) is 11.6 Å². The maximum atomic E-state index is 13.6. The van der Waals surface area contributed by atoms with Gasteiger partial charge in [-0.25, -0.2) is 9.37 Å². The zero-order valence-corrected chi connectivity index (χ0v) is 12.4. The zero-order valence-electron chi connectivity index (χ0n) is 10.0. The van der Waals surface area contributed by atoms with Crippen LogP contribution >= 0.6 is 27.5 Å². The largest absolute Gasteiger partial charge is 0.438 e. The molecule has 2 aromatic rings. The monoisotopic (exact) mass is 358 g/mol. The summed E-state index contributed by atoms with van der Waals surface area (Å²) in [6.07, 6.45) is 1.40. The number of nitrogens with two attached hydrogens (primary N) is 1. The first-order valence-corrected chi connectivity index (χ1v) is 6.86. The Morgan fingerprint density at radius 3 is 2.85 bits per heavy atom. The van der Waals surface area contributed by atoms with Crippen molar-refractivity contribution < 1.29 is 14.2 Å². The van der Waals surface area contributed by atoms with Crippen LogP contribution in [0.3, 0.4) is 0 Å². The minimum Gasteiger partial charge on any atom is -0.438 e. The molecule has 1 aliphatic rings. The summed E-state index contributed by atoms with van der Waals surface area (Å²) >= 11 is 9.02. The van der Waals surface area contributed by atoms with E-state index in [1.165, 1.54) is 18.3 Å². The fourth-order valence-electron chi connectivity index (χ4n) is 2.21. The van der Waals surface area contributed by atoms with Gasteiger partial charge in [-0.15, -0.1) is 0 Å². The van der Waals surface area contributed by atoms with E-state index in [0.717, 1.165) is 0 Å². The van der Waals surface area contributed by atoms with Crippen molar-refractivity contribution in [3.05, 3.63) is 50.8 Å². The molecular formula is C13H9BrClFN2O2. The summed E-state index contributed by atoms with van der Waals surface area (Å²) in [6.45, 7) is -0.392. The van der Waals surface area contributed by atoms with Gasteiger partial charge in [-0.05, 0) is 28.1 Å². The van der Waals surface area contributed by atoms with Crippen LogP contribution in [0, 0.1) is 5.82 Å². The van der Waals surface area contributed by atoms with Crippen molar-refractivity contribution in [3.8, 4) is 11.6 Å². The zero-order chi connectivity index (χ0) is 14.5. The molecule has 0 amide bonds. The fraction of sp³-hybridized carbons (Fsp3) is 0.154. The SMILES string of the molecule is NC1(CO)c2cc(Br)c(F)cc2Oc2ncc(Cl)cc21. The second kappa shape index (κ2) is 4.66. The summed E-state index contributed by atoms with van der Waals surface area (Å²) < 4.78 is 19.4. The third-order valence-corrected chi connectivity index (χ3v) is 4.07. The van der Waals surface area contributed by atoms with Crippen LogP contribution in [0.4, 0.5) is 4.39 Å². The summed E-state index contributed by atoms with van der Waals surface area (Å²) in [7, 11) is 0. The smallest absolute Gasteiger partial charge is 0.224 e. The van der Waals surface area contributed by atoms with E-state index in [4.69, 9.17) is 22.1 Å². The number of nitrogens with zero attached hydrogens (tertiary/aromatic N) is 1. The molecule has 0 saturated heterocycles. The number of rotatable bonds is 1. The minimum atomic E-state index is -1.25. The predicted octanol–water partition coefficient (Wildman–Crippen LogP) is 2.94. The second-order valence-corrected chi connectivity index (χ2v) is 5.79. The van der Waals surface area contributed by atoms with Gasteiger partial charge >= 0.3 is 0 Å². The summed E-state index contributed by atoms with van der Waals surface area (Å²) in [5, 5.41) is 10.1. The van der Waals surface area contributed by atoms with Crippen molar-refractivity contribution in [2.45, 2.75) is 5.54 Å². The molecule has 0 spiro atoms. The maximum absolute atomic E-state index is 13.6. The van der Waals surface area contributed by atoms with E-state index < -0.39 is 18.0 Å². The molecule has 3 N–H and O–H groups in total. The highest BCUT2D eigenvalue weighted by molar-refractivity contribution is 9.10. The van der Waals surface area contributed by atoms with Crippen LogP contribution in [0.2, 0.25) is 5.02 Å². The molecule has 0 radical (unpaired) electrons. The average Bonchev–Trinajstić information content (AvgIpc) is 2.42. The number of benzene rings is 1. The fourth-order valence-corrected chi connectivity index (χ4v) is 2.71. The van der Waals surface area contributed by atoms with Gasteiger partial charge in [0.2, 0.25) is 5.88 Å². The Kier molecular flexibility index (Phi) is 3.21. The van der Waals surface area contributed by atoms with Crippen LogP contribution in [0.5, 0.6) is 11.6 Å². The van der Waals surface area contributed by atoms with E-state index in [0.29, 0.717) is 16.1 Å². The van der Waals surface area contributed by atoms with Crippen LogP contribution < -0.4 is 10.5 Å². The summed E-state index contributed by atoms with van der Waals surface area (Å²) in [6, 6.07) is 4.28. The number of aromatic nitrogens is 1. The summed E-state index contributed by atoms with van der Waals surface area (Å²) in [4.78, 5) is 4.03. The lowest BCUT2D eigenvalue weighted by molar-refractivity contribution is 0.210. The van der Waals surface area contributed by atoms with Crippen LogP contribution in [0.15, 0.2) is 28.9 Å². The number of ether oxygens (including phenoxy) is 1. The van der Waals surface area contributed by atoms with E-state index in [-0.39, 0.29) is 16.1 Å². The number of aliphatic hydroxyl groups is 1. The molecule has 0 saturated carbocycles. The lowest BCUT2D eigenvalue weighted by Crippen LogP contribution is -2.44. The van der Waals surface area contributed by atoms with Gasteiger partial charge in [0.15, 0.2) is 0 Å². The van der Waals surface area contributed by atoms with Gasteiger partial charge in [-0.2, -0.15) is 0 Å². The summed E-state index contributed by atoms with van der Waals surface area (Å²) in [5.41, 5.74) is 5.96. The Balaban J connectivity index is 2.30. The molecule has 104 valence electrons. The van der Waals surface area contributed by atoms with E-state index in [2.05, 4.69) is 20.9 Å². The molecule has 0 bridgehead atoms. The molecule has 1 aromatic carbocycles. The molecule has 1 unspecified atom stereocenters. The van der Waals surface area contributed by atoms with Crippen LogP contribution in [-0.2, 0) is 5.54 Å². The Bertz CT molecular complexity index is 713. The minimum absolute atomic E-state index is 0.208. The lowest BCUT2D eigenvalue weighted by Gasteiger charge is -2.35. The third kappa shape index (κ3) is 1.91. The molecule has 2 heterocycles. The number of hydrogen-bond donors (Lipinski definition) is 2. The second-order valence-electron chi connectivity index (χ2n) is 4.50. The van der Waals surface area contributed by atoms with E-state index >= 15 is 0 Å². The molecule has 4 nitrogen and oxygen atoms in total. The molecule has 1 aromatic heterocycles. The van der Waals surface area contributed by atoms with E-state index in [1.807, 2.05) is 0 Å². The number of hydrogen-bond acceptors (Lipinski definition) is 4. The first-order chi connectivity index (χ1) is 9.45. The third-order valence-electron chi connectivity index (χ3n) is 3.26. The van der Waals surface area contributed by atoms with Crippen LogP contribution in [0.1, 0.15) is 11.1 Å². The highest BCUT2D eigenvalue weighted by atomic mass is 79.9. The van der Waals surface area contributed by atoms with Gasteiger partial charge in [0.05, 0.1) is 21.6 Å². The highest BCUT2D eigenvalue weighted by Crippen LogP contribution is 2.46. The Labute approximate surface area is 127 Å². The Hall–Kier alpha value is -1.21. The molecule has 1 atom stereocenters. The van der Waals surface area contributed by atoms with Gasteiger partial charge in [-0.3, -0.25) is 0 Å². The van der Waals surface area contributed by atoms with E-state index in [9.17, 15) is 9.50 Å². The molecule has 0 fully saturated rings. The first-order valence-electron chi connectivity index (χ1n) is 5.69. The van der Waals surface area contributed by atoms with Gasteiger partial charge < -0.3 is 15.6 Å². The van der Waals surface area contributed by atoms with Gasteiger partial charge in [0.1, 0.15) is 11.6 Å².